The van der Waals surface area contributed by atoms with Crippen LogP contribution in [0.15, 0.2) is 24.3 Å². The summed E-state index contributed by atoms with van der Waals surface area (Å²) in [7, 11) is 0. The lowest BCUT2D eigenvalue weighted by Gasteiger charge is -2.20. The predicted molar refractivity (Wildman–Crippen MR) is 101 cm³/mol. The zero-order chi connectivity index (χ0) is 18.0. The first kappa shape index (κ1) is 17.5. The number of aromatic nitrogens is 2. The number of nitrogens with zero attached hydrogens (tertiary/aromatic N) is 3. The minimum atomic E-state index is 0.0694. The molecule has 0 bridgehead atoms. The van der Waals surface area contributed by atoms with E-state index in [0.717, 1.165) is 30.9 Å². The van der Waals surface area contributed by atoms with Gasteiger partial charge in [0.05, 0.1) is 11.7 Å². The Bertz CT molecular complexity index is 765. The summed E-state index contributed by atoms with van der Waals surface area (Å²) in [6.45, 7) is 10.8. The first-order chi connectivity index (χ1) is 12.0. The van der Waals surface area contributed by atoms with Gasteiger partial charge in [-0.15, -0.1) is 0 Å². The number of benzene rings is 1. The van der Waals surface area contributed by atoms with E-state index < -0.39 is 0 Å². The van der Waals surface area contributed by atoms with Crippen molar-refractivity contribution in [2.24, 2.45) is 0 Å². The predicted octanol–water partition coefficient (Wildman–Crippen LogP) is 2.94. The molecule has 1 aliphatic heterocycles. The van der Waals surface area contributed by atoms with Crippen molar-refractivity contribution in [2.45, 2.75) is 46.6 Å². The van der Waals surface area contributed by atoms with Crippen LogP contribution in [-0.4, -0.2) is 35.3 Å². The Morgan fingerprint density at radius 3 is 2.76 bits per heavy atom. The fourth-order valence-corrected chi connectivity index (χ4v) is 3.57. The first-order valence-electron chi connectivity index (χ1n) is 9.09. The van der Waals surface area contributed by atoms with Crippen LogP contribution in [0, 0.1) is 20.8 Å². The molecule has 5 heteroatoms. The van der Waals surface area contributed by atoms with Crippen LogP contribution in [0.1, 0.15) is 41.9 Å². The lowest BCUT2D eigenvalue weighted by atomic mass is 10.2. The number of para-hydroxylation sites is 1. The number of hydrogen-bond acceptors (Lipinski definition) is 3. The number of aryl methyl sites for hydroxylation is 1. The van der Waals surface area contributed by atoms with Crippen LogP contribution >= 0.6 is 0 Å². The van der Waals surface area contributed by atoms with Crippen molar-refractivity contribution in [3.05, 3.63) is 46.8 Å². The molecule has 1 amide bonds. The van der Waals surface area contributed by atoms with E-state index in [0.29, 0.717) is 13.0 Å². The summed E-state index contributed by atoms with van der Waals surface area (Å²) >= 11 is 0. The molecule has 1 atom stereocenters. The molecular formula is C20H28N4O. The van der Waals surface area contributed by atoms with Gasteiger partial charge >= 0.3 is 0 Å². The average Bonchev–Trinajstić information content (AvgIpc) is 3.11. The van der Waals surface area contributed by atoms with Crippen molar-refractivity contribution in [2.75, 3.05) is 24.5 Å². The molecule has 0 aliphatic carbocycles. The van der Waals surface area contributed by atoms with E-state index in [2.05, 4.69) is 60.4 Å². The van der Waals surface area contributed by atoms with Crippen molar-refractivity contribution in [3.63, 3.8) is 0 Å². The van der Waals surface area contributed by atoms with E-state index in [1.165, 1.54) is 16.8 Å². The molecule has 1 aliphatic rings. The van der Waals surface area contributed by atoms with E-state index >= 15 is 0 Å². The van der Waals surface area contributed by atoms with Gasteiger partial charge in [0.1, 0.15) is 0 Å². The van der Waals surface area contributed by atoms with Gasteiger partial charge in [0.25, 0.3) is 0 Å². The van der Waals surface area contributed by atoms with E-state index in [-0.39, 0.29) is 11.9 Å². The monoisotopic (exact) mass is 340 g/mol. The maximum atomic E-state index is 12.3. The second-order valence-corrected chi connectivity index (χ2v) is 7.01. The zero-order valence-corrected chi connectivity index (χ0v) is 15.7. The normalized spacial score (nSPS) is 14.5. The van der Waals surface area contributed by atoms with E-state index in [4.69, 9.17) is 0 Å². The third-order valence-electron chi connectivity index (χ3n) is 5.27. The second-order valence-electron chi connectivity index (χ2n) is 7.01. The van der Waals surface area contributed by atoms with Gasteiger partial charge in [-0.3, -0.25) is 9.48 Å². The molecule has 25 heavy (non-hydrogen) atoms. The van der Waals surface area contributed by atoms with Crippen molar-refractivity contribution >= 4 is 11.6 Å². The smallest absolute Gasteiger partial charge is 0.222 e. The Morgan fingerprint density at radius 1 is 1.28 bits per heavy atom. The number of rotatable bonds is 6. The van der Waals surface area contributed by atoms with Crippen molar-refractivity contribution in [1.29, 1.82) is 0 Å². The maximum Gasteiger partial charge on any atom is 0.222 e. The van der Waals surface area contributed by atoms with E-state index in [1.54, 1.807) is 0 Å². The highest BCUT2D eigenvalue weighted by molar-refractivity contribution is 5.76. The third kappa shape index (κ3) is 3.70. The Hall–Kier alpha value is -2.30. The Kier molecular flexibility index (Phi) is 5.11. The molecule has 0 saturated heterocycles. The molecule has 0 spiro atoms. The topological polar surface area (TPSA) is 50.2 Å². The van der Waals surface area contributed by atoms with Crippen LogP contribution < -0.4 is 10.2 Å². The number of carbonyl (C=O) groups is 1. The summed E-state index contributed by atoms with van der Waals surface area (Å²) in [5.41, 5.74) is 6.11. The molecule has 2 aromatic rings. The van der Waals surface area contributed by atoms with E-state index in [9.17, 15) is 4.79 Å². The van der Waals surface area contributed by atoms with Gasteiger partial charge in [-0.1, -0.05) is 18.2 Å². The largest absolute Gasteiger partial charge is 0.369 e. The fourth-order valence-electron chi connectivity index (χ4n) is 3.57. The van der Waals surface area contributed by atoms with Crippen molar-refractivity contribution in [3.8, 4) is 0 Å². The highest BCUT2D eigenvalue weighted by Crippen LogP contribution is 2.26. The number of fused-ring (bicyclic) bond motifs is 1. The summed E-state index contributed by atoms with van der Waals surface area (Å²) in [6.07, 6.45) is 1.55. The van der Waals surface area contributed by atoms with Crippen LogP contribution in [0.5, 0.6) is 0 Å². The summed E-state index contributed by atoms with van der Waals surface area (Å²) in [5, 5.41) is 7.62. The molecule has 1 aromatic carbocycles. The summed E-state index contributed by atoms with van der Waals surface area (Å²) < 4.78 is 1.97. The Morgan fingerprint density at radius 2 is 2.04 bits per heavy atom. The van der Waals surface area contributed by atoms with Crippen LogP contribution in [0.2, 0.25) is 0 Å². The van der Waals surface area contributed by atoms with Crippen LogP contribution in [0.3, 0.4) is 0 Å². The van der Waals surface area contributed by atoms with Gasteiger partial charge in [0.15, 0.2) is 0 Å². The quantitative estimate of drug-likeness (QED) is 0.880. The van der Waals surface area contributed by atoms with E-state index in [1.807, 2.05) is 11.6 Å². The molecule has 1 unspecified atom stereocenters. The minimum Gasteiger partial charge on any atom is -0.369 e. The van der Waals surface area contributed by atoms with Crippen molar-refractivity contribution in [1.82, 2.24) is 15.1 Å². The molecule has 0 fully saturated rings. The molecule has 0 saturated carbocycles. The molecule has 2 heterocycles. The van der Waals surface area contributed by atoms with Gasteiger partial charge < -0.3 is 10.2 Å². The van der Waals surface area contributed by atoms with Crippen LogP contribution in [-0.2, 0) is 11.2 Å². The highest BCUT2D eigenvalue weighted by Gasteiger charge is 2.19. The second kappa shape index (κ2) is 7.30. The Labute approximate surface area is 150 Å². The van der Waals surface area contributed by atoms with Crippen LogP contribution in [0.4, 0.5) is 5.69 Å². The standard InChI is InChI=1S/C20H28N4O/c1-14(24-17(4)15(2)16(3)22-24)13-20(25)21-10-12-23-11-9-18-7-5-6-8-19(18)23/h5-8,14H,9-13H2,1-4H3,(H,21,25). The van der Waals surface area contributed by atoms with Gasteiger partial charge in [0.2, 0.25) is 5.91 Å². The molecule has 1 N–H and O–H groups in total. The van der Waals surface area contributed by atoms with Crippen molar-refractivity contribution < 1.29 is 4.79 Å². The molecule has 3 rings (SSSR count). The number of carbonyl (C=O) groups excluding carboxylic acids is 1. The number of hydrogen-bond donors (Lipinski definition) is 1. The summed E-state index contributed by atoms with van der Waals surface area (Å²) in [6, 6.07) is 8.59. The average molecular weight is 340 g/mol. The fraction of sp³-hybridized carbons (Fsp3) is 0.500. The lowest BCUT2D eigenvalue weighted by Crippen LogP contribution is -2.35. The number of nitrogens with one attached hydrogen (secondary N) is 1. The lowest BCUT2D eigenvalue weighted by molar-refractivity contribution is -0.121. The van der Waals surface area contributed by atoms with Gasteiger partial charge in [-0.05, 0) is 51.3 Å². The van der Waals surface area contributed by atoms with Gasteiger partial charge in [-0.2, -0.15) is 5.10 Å². The molecular weight excluding hydrogens is 312 g/mol. The number of anilines is 1. The number of amides is 1. The molecule has 134 valence electrons. The first-order valence-corrected chi connectivity index (χ1v) is 9.09. The Balaban J connectivity index is 1.48. The third-order valence-corrected chi connectivity index (χ3v) is 5.27. The van der Waals surface area contributed by atoms with Crippen LogP contribution in [0.25, 0.3) is 0 Å². The summed E-state index contributed by atoms with van der Waals surface area (Å²) in [4.78, 5) is 14.6. The van der Waals surface area contributed by atoms with Gasteiger partial charge in [-0.25, -0.2) is 0 Å². The molecule has 5 nitrogen and oxygen atoms in total. The maximum absolute atomic E-state index is 12.3. The highest BCUT2D eigenvalue weighted by atomic mass is 16.1. The zero-order valence-electron chi connectivity index (χ0n) is 15.7. The summed E-state index contributed by atoms with van der Waals surface area (Å²) in [5.74, 6) is 0.0881. The molecule has 0 radical (unpaired) electrons. The molecule has 1 aromatic heterocycles. The SMILES string of the molecule is Cc1nn(C(C)CC(=O)NCCN2CCc3ccccc32)c(C)c1C. The minimum absolute atomic E-state index is 0.0694. The van der Waals surface area contributed by atoms with Gasteiger partial charge in [0, 0.05) is 37.4 Å².